The topological polar surface area (TPSA) is 92.6 Å². The standard InChI is InChI=1S/C18H19N3O4S/c22-17(23)12-1-3-13(4-2-12)25-14-5-8-21(9-6-14)18-19-11-16-15(20-18)7-10-26(16)24/h1-4,11,14H,5-10H2,(H,22,23). The molecular weight excluding hydrogens is 354 g/mol. The van der Waals surface area contributed by atoms with E-state index in [0.29, 0.717) is 17.5 Å². The summed E-state index contributed by atoms with van der Waals surface area (Å²) in [6.07, 6.45) is 4.22. The maximum absolute atomic E-state index is 11.8. The van der Waals surface area contributed by atoms with E-state index in [-0.39, 0.29) is 11.7 Å². The van der Waals surface area contributed by atoms with Crippen LogP contribution in [0.1, 0.15) is 28.9 Å². The van der Waals surface area contributed by atoms with Crippen LogP contribution in [0, 0.1) is 0 Å². The lowest BCUT2D eigenvalue weighted by Gasteiger charge is -2.32. The van der Waals surface area contributed by atoms with Gasteiger partial charge in [-0.1, -0.05) is 0 Å². The number of rotatable bonds is 4. The molecule has 7 nitrogen and oxygen atoms in total. The van der Waals surface area contributed by atoms with E-state index in [2.05, 4.69) is 14.9 Å². The van der Waals surface area contributed by atoms with E-state index in [1.807, 2.05) is 0 Å². The number of carbonyl (C=O) groups is 1. The molecule has 136 valence electrons. The summed E-state index contributed by atoms with van der Waals surface area (Å²) in [5, 5.41) is 8.93. The summed E-state index contributed by atoms with van der Waals surface area (Å²) in [5.74, 6) is 1.09. The Bertz CT molecular complexity index is 848. The van der Waals surface area contributed by atoms with E-state index in [4.69, 9.17) is 9.84 Å². The molecule has 1 fully saturated rings. The Morgan fingerprint density at radius 2 is 1.96 bits per heavy atom. The van der Waals surface area contributed by atoms with E-state index in [1.165, 1.54) is 0 Å². The van der Waals surface area contributed by atoms with Crippen LogP contribution in [0.3, 0.4) is 0 Å². The van der Waals surface area contributed by atoms with Crippen molar-refractivity contribution in [1.82, 2.24) is 9.97 Å². The number of anilines is 1. The highest BCUT2D eigenvalue weighted by molar-refractivity contribution is 7.85. The molecule has 0 amide bonds. The van der Waals surface area contributed by atoms with Gasteiger partial charge in [0.1, 0.15) is 11.9 Å². The van der Waals surface area contributed by atoms with Crippen LogP contribution in [0.25, 0.3) is 0 Å². The Morgan fingerprint density at radius 1 is 1.23 bits per heavy atom. The fourth-order valence-electron chi connectivity index (χ4n) is 3.26. The first-order valence-corrected chi connectivity index (χ1v) is 9.91. The Labute approximate surface area is 153 Å². The molecule has 1 aromatic carbocycles. The van der Waals surface area contributed by atoms with Crippen LogP contribution in [-0.2, 0) is 17.2 Å². The highest BCUT2D eigenvalue weighted by Crippen LogP contribution is 2.25. The summed E-state index contributed by atoms with van der Waals surface area (Å²) in [4.78, 5) is 22.8. The summed E-state index contributed by atoms with van der Waals surface area (Å²) in [6.45, 7) is 1.58. The largest absolute Gasteiger partial charge is 0.490 e. The van der Waals surface area contributed by atoms with Crippen LogP contribution in [0.5, 0.6) is 5.75 Å². The molecule has 1 saturated heterocycles. The molecule has 2 aliphatic rings. The highest BCUT2D eigenvalue weighted by Gasteiger charge is 2.25. The molecule has 2 aromatic rings. The zero-order valence-electron chi connectivity index (χ0n) is 14.1. The number of aromatic carboxylic acids is 1. The van der Waals surface area contributed by atoms with Gasteiger partial charge >= 0.3 is 5.97 Å². The number of nitrogens with zero attached hydrogens (tertiary/aromatic N) is 3. The number of carboxylic acid groups (broad SMARTS) is 1. The van der Waals surface area contributed by atoms with Gasteiger partial charge < -0.3 is 14.7 Å². The maximum Gasteiger partial charge on any atom is 0.335 e. The second-order valence-corrected chi connectivity index (χ2v) is 7.95. The third-order valence-corrected chi connectivity index (χ3v) is 6.12. The van der Waals surface area contributed by atoms with Crippen LogP contribution < -0.4 is 9.64 Å². The lowest BCUT2D eigenvalue weighted by Crippen LogP contribution is -2.39. The highest BCUT2D eigenvalue weighted by atomic mass is 32.2. The molecule has 0 aliphatic carbocycles. The van der Waals surface area contributed by atoms with Gasteiger partial charge in [0.15, 0.2) is 0 Å². The van der Waals surface area contributed by atoms with Crippen LogP contribution >= 0.6 is 0 Å². The Balaban J connectivity index is 1.35. The minimum atomic E-state index is -0.944. The lowest BCUT2D eigenvalue weighted by atomic mass is 10.1. The predicted octanol–water partition coefficient (Wildman–Crippen LogP) is 1.89. The van der Waals surface area contributed by atoms with Crippen molar-refractivity contribution in [3.05, 3.63) is 41.7 Å². The van der Waals surface area contributed by atoms with Crippen molar-refractivity contribution in [3.8, 4) is 5.75 Å². The number of fused-ring (bicyclic) bond motifs is 1. The molecule has 2 aliphatic heterocycles. The molecule has 8 heteroatoms. The van der Waals surface area contributed by atoms with Crippen LogP contribution in [0.4, 0.5) is 5.95 Å². The minimum absolute atomic E-state index is 0.0869. The molecule has 1 unspecified atom stereocenters. The second-order valence-electron chi connectivity index (χ2n) is 6.41. The molecule has 0 saturated carbocycles. The first-order valence-electron chi connectivity index (χ1n) is 8.59. The first-order chi connectivity index (χ1) is 12.6. The normalized spacial score (nSPS) is 20.0. The van der Waals surface area contributed by atoms with Gasteiger partial charge in [0, 0.05) is 44.3 Å². The summed E-state index contributed by atoms with van der Waals surface area (Å²) < 4.78 is 17.8. The van der Waals surface area contributed by atoms with E-state index in [0.717, 1.165) is 42.9 Å². The number of hydrogen-bond donors (Lipinski definition) is 1. The van der Waals surface area contributed by atoms with Gasteiger partial charge in [-0.05, 0) is 24.3 Å². The third kappa shape index (κ3) is 3.41. The van der Waals surface area contributed by atoms with E-state index < -0.39 is 16.8 Å². The quantitative estimate of drug-likeness (QED) is 0.875. The average Bonchev–Trinajstić information content (AvgIpc) is 3.03. The van der Waals surface area contributed by atoms with Gasteiger partial charge in [0.25, 0.3) is 0 Å². The summed E-state index contributed by atoms with van der Waals surface area (Å²) >= 11 is 0. The predicted molar refractivity (Wildman–Crippen MR) is 96.3 cm³/mol. The number of piperidine rings is 1. The number of aryl methyl sites for hydroxylation is 1. The van der Waals surface area contributed by atoms with Crippen LogP contribution in [0.2, 0.25) is 0 Å². The molecule has 1 atom stereocenters. The molecule has 0 radical (unpaired) electrons. The van der Waals surface area contributed by atoms with Gasteiger partial charge in [0.05, 0.1) is 27.0 Å². The number of hydrogen-bond acceptors (Lipinski definition) is 6. The molecular formula is C18H19N3O4S. The van der Waals surface area contributed by atoms with Crippen LogP contribution in [0.15, 0.2) is 35.4 Å². The van der Waals surface area contributed by atoms with Crippen molar-refractivity contribution in [1.29, 1.82) is 0 Å². The Morgan fingerprint density at radius 3 is 2.65 bits per heavy atom. The Hall–Kier alpha value is -2.48. The molecule has 1 N–H and O–H groups in total. The Kier molecular flexibility index (Phi) is 4.58. The fraction of sp³-hybridized carbons (Fsp3) is 0.389. The number of carboxylic acids is 1. The minimum Gasteiger partial charge on any atom is -0.490 e. The van der Waals surface area contributed by atoms with Crippen LogP contribution in [-0.4, -0.2) is 50.2 Å². The van der Waals surface area contributed by atoms with Crippen molar-refractivity contribution >= 4 is 22.7 Å². The maximum atomic E-state index is 11.8. The van der Waals surface area contributed by atoms with E-state index in [1.54, 1.807) is 30.5 Å². The number of ether oxygens (including phenoxy) is 1. The SMILES string of the molecule is O=C(O)c1ccc(OC2CCN(c3ncc4c(n3)CCS4=O)CC2)cc1. The molecule has 3 heterocycles. The van der Waals surface area contributed by atoms with Gasteiger partial charge in [-0.25, -0.2) is 14.8 Å². The lowest BCUT2D eigenvalue weighted by molar-refractivity contribution is 0.0697. The van der Waals surface area contributed by atoms with Crippen molar-refractivity contribution in [2.45, 2.75) is 30.3 Å². The van der Waals surface area contributed by atoms with Gasteiger partial charge in [-0.15, -0.1) is 0 Å². The molecule has 0 spiro atoms. The van der Waals surface area contributed by atoms with Gasteiger partial charge in [0.2, 0.25) is 5.95 Å². The van der Waals surface area contributed by atoms with E-state index >= 15 is 0 Å². The summed E-state index contributed by atoms with van der Waals surface area (Å²) in [6, 6.07) is 6.49. The van der Waals surface area contributed by atoms with E-state index in [9.17, 15) is 9.00 Å². The first kappa shape index (κ1) is 17.0. The zero-order valence-corrected chi connectivity index (χ0v) is 14.9. The average molecular weight is 373 g/mol. The zero-order chi connectivity index (χ0) is 18.1. The smallest absolute Gasteiger partial charge is 0.335 e. The molecule has 1 aromatic heterocycles. The second kappa shape index (κ2) is 7.03. The monoisotopic (exact) mass is 373 g/mol. The number of benzene rings is 1. The number of aromatic nitrogens is 2. The fourth-order valence-corrected chi connectivity index (χ4v) is 4.44. The van der Waals surface area contributed by atoms with Crippen molar-refractivity contribution < 1.29 is 18.8 Å². The van der Waals surface area contributed by atoms with Crippen molar-refractivity contribution in [3.63, 3.8) is 0 Å². The third-order valence-electron chi connectivity index (χ3n) is 4.72. The molecule has 4 rings (SSSR count). The van der Waals surface area contributed by atoms with Crippen molar-refractivity contribution in [2.75, 3.05) is 23.7 Å². The van der Waals surface area contributed by atoms with Crippen molar-refractivity contribution in [2.24, 2.45) is 0 Å². The van der Waals surface area contributed by atoms with Gasteiger partial charge in [-0.3, -0.25) is 4.21 Å². The van der Waals surface area contributed by atoms with Gasteiger partial charge in [-0.2, -0.15) is 0 Å². The molecule has 26 heavy (non-hydrogen) atoms. The summed E-state index contributed by atoms with van der Waals surface area (Å²) in [5.41, 5.74) is 1.16. The molecule has 0 bridgehead atoms. The summed E-state index contributed by atoms with van der Waals surface area (Å²) in [7, 11) is -0.944.